The highest BCUT2D eigenvalue weighted by Gasteiger charge is 2.33. The molecule has 0 unspecified atom stereocenters. The summed E-state index contributed by atoms with van der Waals surface area (Å²) in [5.74, 6) is -0.638. The molecule has 4 nitrogen and oxygen atoms in total. The van der Waals surface area contributed by atoms with Crippen LogP contribution in [0.2, 0.25) is 5.02 Å². The van der Waals surface area contributed by atoms with E-state index in [1.165, 1.54) is 11.0 Å². The summed E-state index contributed by atoms with van der Waals surface area (Å²) in [7, 11) is 0. The lowest BCUT2D eigenvalue weighted by Gasteiger charge is -2.20. The molecule has 0 bridgehead atoms. The van der Waals surface area contributed by atoms with Crippen LogP contribution in [-0.2, 0) is 15.8 Å². The van der Waals surface area contributed by atoms with E-state index in [0.717, 1.165) is 31.4 Å². The smallest absolute Gasteiger partial charge is 0.333 e. The highest BCUT2D eigenvalue weighted by atomic mass is 35.5. The van der Waals surface area contributed by atoms with Crippen LogP contribution < -0.4 is 5.32 Å². The molecule has 2 rings (SSSR count). The number of alkyl halides is 3. The van der Waals surface area contributed by atoms with E-state index in [1.54, 1.807) is 0 Å². The molecular weight excluding hydrogens is 333 g/mol. The molecule has 0 radical (unpaired) electrons. The SMILES string of the molecule is O=C(CN1CCCCCC1=O)Nc1ccc(Cl)c(C(F)(F)F)c1. The Hall–Kier alpha value is -1.76. The van der Waals surface area contributed by atoms with Gasteiger partial charge in [-0.2, -0.15) is 13.2 Å². The summed E-state index contributed by atoms with van der Waals surface area (Å²) in [5.41, 5.74) is -1.02. The lowest BCUT2D eigenvalue weighted by atomic mass is 10.2. The van der Waals surface area contributed by atoms with Gasteiger partial charge in [-0.3, -0.25) is 9.59 Å². The van der Waals surface area contributed by atoms with Crippen molar-refractivity contribution in [3.05, 3.63) is 28.8 Å². The van der Waals surface area contributed by atoms with E-state index in [4.69, 9.17) is 11.6 Å². The third kappa shape index (κ3) is 4.86. The predicted molar refractivity (Wildman–Crippen MR) is 80.1 cm³/mol. The van der Waals surface area contributed by atoms with Crippen LogP contribution in [0.1, 0.15) is 31.2 Å². The zero-order chi connectivity index (χ0) is 17.0. The lowest BCUT2D eigenvalue weighted by Crippen LogP contribution is -2.37. The maximum absolute atomic E-state index is 12.8. The Balaban J connectivity index is 2.04. The van der Waals surface area contributed by atoms with Crippen LogP contribution in [0.15, 0.2) is 18.2 Å². The number of nitrogens with one attached hydrogen (secondary N) is 1. The van der Waals surface area contributed by atoms with E-state index in [9.17, 15) is 22.8 Å². The van der Waals surface area contributed by atoms with Gasteiger partial charge in [0.15, 0.2) is 0 Å². The molecule has 1 fully saturated rings. The molecule has 0 spiro atoms. The number of hydrogen-bond donors (Lipinski definition) is 1. The summed E-state index contributed by atoms with van der Waals surface area (Å²) < 4.78 is 38.4. The Morgan fingerprint density at radius 3 is 2.70 bits per heavy atom. The van der Waals surface area contributed by atoms with E-state index in [2.05, 4.69) is 5.32 Å². The average molecular weight is 349 g/mol. The second-order valence-corrected chi connectivity index (χ2v) is 5.77. The van der Waals surface area contributed by atoms with Crippen molar-refractivity contribution in [3.63, 3.8) is 0 Å². The number of hydrogen-bond acceptors (Lipinski definition) is 2. The first-order chi connectivity index (χ1) is 10.8. The predicted octanol–water partition coefficient (Wildman–Crippen LogP) is 3.70. The molecule has 1 aliphatic heterocycles. The minimum atomic E-state index is -4.60. The van der Waals surface area contributed by atoms with Crippen molar-refractivity contribution in [2.45, 2.75) is 31.9 Å². The Morgan fingerprint density at radius 1 is 1.26 bits per heavy atom. The summed E-state index contributed by atoms with van der Waals surface area (Å²) in [6, 6.07) is 3.15. The number of nitrogens with zero attached hydrogens (tertiary/aromatic N) is 1. The third-order valence-corrected chi connectivity index (χ3v) is 3.89. The Morgan fingerprint density at radius 2 is 2.00 bits per heavy atom. The largest absolute Gasteiger partial charge is 0.417 e. The van der Waals surface area contributed by atoms with Crippen molar-refractivity contribution in [3.8, 4) is 0 Å². The van der Waals surface area contributed by atoms with Gasteiger partial charge < -0.3 is 10.2 Å². The van der Waals surface area contributed by atoms with Crippen LogP contribution in [0.5, 0.6) is 0 Å². The van der Waals surface area contributed by atoms with E-state index >= 15 is 0 Å². The molecule has 1 aromatic rings. The summed E-state index contributed by atoms with van der Waals surface area (Å²) >= 11 is 5.52. The molecule has 1 saturated heterocycles. The van der Waals surface area contributed by atoms with Gasteiger partial charge in [0, 0.05) is 18.7 Å². The molecule has 1 heterocycles. The van der Waals surface area contributed by atoms with Gasteiger partial charge in [-0.15, -0.1) is 0 Å². The fourth-order valence-electron chi connectivity index (χ4n) is 2.40. The van der Waals surface area contributed by atoms with Crippen LogP contribution in [-0.4, -0.2) is 29.8 Å². The molecule has 126 valence electrons. The van der Waals surface area contributed by atoms with Gasteiger partial charge in [0.1, 0.15) is 0 Å². The van der Waals surface area contributed by atoms with Crippen molar-refractivity contribution in [2.75, 3.05) is 18.4 Å². The van der Waals surface area contributed by atoms with E-state index in [1.807, 2.05) is 0 Å². The normalized spacial score (nSPS) is 16.2. The van der Waals surface area contributed by atoms with Crippen LogP contribution in [0.25, 0.3) is 0 Å². The number of carbonyl (C=O) groups excluding carboxylic acids is 2. The van der Waals surface area contributed by atoms with Crippen LogP contribution >= 0.6 is 11.6 Å². The molecule has 8 heteroatoms. The van der Waals surface area contributed by atoms with Crippen LogP contribution in [0, 0.1) is 0 Å². The number of anilines is 1. The molecule has 0 atom stereocenters. The summed E-state index contributed by atoms with van der Waals surface area (Å²) in [6.45, 7) is 0.323. The standard InChI is InChI=1S/C15H16ClF3N2O2/c16-12-6-5-10(8-11(12)15(17,18)19)20-13(22)9-21-7-3-1-2-4-14(21)23/h5-6,8H,1-4,7,9H2,(H,20,22). The molecule has 0 aromatic heterocycles. The van der Waals surface area contributed by atoms with Crippen molar-refractivity contribution >= 4 is 29.1 Å². The fourth-order valence-corrected chi connectivity index (χ4v) is 2.62. The van der Waals surface area contributed by atoms with Crippen molar-refractivity contribution in [1.82, 2.24) is 4.90 Å². The average Bonchev–Trinajstić information content (AvgIpc) is 2.65. The highest BCUT2D eigenvalue weighted by Crippen LogP contribution is 2.36. The number of rotatable bonds is 3. The monoisotopic (exact) mass is 348 g/mol. The zero-order valence-electron chi connectivity index (χ0n) is 12.3. The van der Waals surface area contributed by atoms with E-state index in [0.29, 0.717) is 13.0 Å². The fraction of sp³-hybridized carbons (Fsp3) is 0.467. The quantitative estimate of drug-likeness (QED) is 0.905. The van der Waals surface area contributed by atoms with Gasteiger partial charge in [-0.05, 0) is 31.0 Å². The lowest BCUT2D eigenvalue weighted by molar-refractivity contribution is -0.137. The first-order valence-corrected chi connectivity index (χ1v) is 7.59. The number of amides is 2. The van der Waals surface area contributed by atoms with Crippen LogP contribution in [0.4, 0.5) is 18.9 Å². The minimum absolute atomic E-state index is 0.00556. The molecule has 0 aliphatic carbocycles. The maximum Gasteiger partial charge on any atom is 0.417 e. The van der Waals surface area contributed by atoms with Crippen molar-refractivity contribution in [2.24, 2.45) is 0 Å². The maximum atomic E-state index is 12.8. The van der Waals surface area contributed by atoms with Gasteiger partial charge in [0.25, 0.3) is 0 Å². The van der Waals surface area contributed by atoms with Gasteiger partial charge in [0.05, 0.1) is 17.1 Å². The summed E-state index contributed by atoms with van der Waals surface area (Å²) in [4.78, 5) is 25.2. The van der Waals surface area contributed by atoms with Gasteiger partial charge in [0.2, 0.25) is 11.8 Å². The van der Waals surface area contributed by atoms with E-state index in [-0.39, 0.29) is 18.1 Å². The molecular formula is C15H16ClF3N2O2. The molecule has 1 aliphatic rings. The first kappa shape index (κ1) is 17.6. The van der Waals surface area contributed by atoms with E-state index < -0.39 is 22.7 Å². The van der Waals surface area contributed by atoms with Crippen molar-refractivity contribution in [1.29, 1.82) is 0 Å². The van der Waals surface area contributed by atoms with Crippen LogP contribution in [0.3, 0.4) is 0 Å². The molecule has 2 amide bonds. The Labute approximate surface area is 136 Å². The number of carbonyl (C=O) groups is 2. The molecule has 1 N–H and O–H groups in total. The van der Waals surface area contributed by atoms with Gasteiger partial charge >= 0.3 is 6.18 Å². The molecule has 23 heavy (non-hydrogen) atoms. The summed E-state index contributed by atoms with van der Waals surface area (Å²) in [5, 5.41) is 1.95. The number of halogens is 4. The Kier molecular flexibility index (Phi) is 5.51. The summed E-state index contributed by atoms with van der Waals surface area (Å²) in [6.07, 6.45) is -1.66. The topological polar surface area (TPSA) is 49.4 Å². The zero-order valence-corrected chi connectivity index (χ0v) is 13.0. The van der Waals surface area contributed by atoms with Gasteiger partial charge in [-0.1, -0.05) is 18.0 Å². The highest BCUT2D eigenvalue weighted by molar-refractivity contribution is 6.31. The number of likely N-dealkylation sites (tertiary alicyclic amines) is 1. The molecule has 1 aromatic carbocycles. The second-order valence-electron chi connectivity index (χ2n) is 5.37. The van der Waals surface area contributed by atoms with Crippen molar-refractivity contribution < 1.29 is 22.8 Å². The third-order valence-electron chi connectivity index (χ3n) is 3.56. The second kappa shape index (κ2) is 7.21. The number of benzene rings is 1. The Bertz CT molecular complexity index is 605. The first-order valence-electron chi connectivity index (χ1n) is 7.22. The minimum Gasteiger partial charge on any atom is -0.333 e. The molecule has 0 saturated carbocycles. The van der Waals surface area contributed by atoms with Gasteiger partial charge in [-0.25, -0.2) is 0 Å².